The minimum atomic E-state index is -0.261. The normalized spacial score (nSPS) is 20.1. The van der Waals surface area contributed by atoms with Gasteiger partial charge in [-0.1, -0.05) is 0 Å². The second-order valence-electron chi connectivity index (χ2n) is 6.06. The zero-order valence-electron chi connectivity index (χ0n) is 13.5. The van der Waals surface area contributed by atoms with E-state index in [1.54, 1.807) is 12.0 Å². The Kier molecular flexibility index (Phi) is 4.90. The first-order chi connectivity index (χ1) is 11.2. The van der Waals surface area contributed by atoms with Gasteiger partial charge in [0, 0.05) is 52.6 Å². The molecule has 0 aliphatic carbocycles. The summed E-state index contributed by atoms with van der Waals surface area (Å²) in [5.74, 6) is 1.68. The first kappa shape index (κ1) is 15.9. The van der Waals surface area contributed by atoms with Gasteiger partial charge in [-0.15, -0.1) is 10.2 Å². The van der Waals surface area contributed by atoms with Crippen molar-refractivity contribution in [2.24, 2.45) is 5.92 Å². The predicted molar refractivity (Wildman–Crippen MR) is 81.6 cm³/mol. The summed E-state index contributed by atoms with van der Waals surface area (Å²) in [6.07, 6.45) is 3.06. The van der Waals surface area contributed by atoms with Gasteiger partial charge in [-0.3, -0.25) is 9.59 Å². The van der Waals surface area contributed by atoms with Crippen LogP contribution in [0.1, 0.15) is 24.5 Å². The highest BCUT2D eigenvalue weighted by molar-refractivity contribution is 5.89. The molecule has 1 atom stereocenters. The number of nitrogens with zero attached hydrogens (tertiary/aromatic N) is 4. The van der Waals surface area contributed by atoms with Crippen molar-refractivity contribution < 1.29 is 14.3 Å². The van der Waals surface area contributed by atoms with E-state index in [-0.39, 0.29) is 24.2 Å². The van der Waals surface area contributed by atoms with Gasteiger partial charge in [0.1, 0.15) is 11.6 Å². The van der Waals surface area contributed by atoms with Crippen molar-refractivity contribution in [2.45, 2.75) is 32.2 Å². The fourth-order valence-electron chi connectivity index (χ4n) is 3.20. The number of fused-ring (bicyclic) bond motifs is 1. The molecule has 0 radical (unpaired) electrons. The fraction of sp³-hybridized carbons (Fsp3) is 0.733. The van der Waals surface area contributed by atoms with Crippen LogP contribution in [0.4, 0.5) is 0 Å². The lowest BCUT2D eigenvalue weighted by atomic mass is 10.1. The first-order valence-corrected chi connectivity index (χ1v) is 8.14. The van der Waals surface area contributed by atoms with E-state index < -0.39 is 0 Å². The number of hydrogen-bond acceptors (Lipinski definition) is 5. The van der Waals surface area contributed by atoms with Gasteiger partial charge in [0.2, 0.25) is 11.8 Å². The number of amides is 2. The lowest BCUT2D eigenvalue weighted by molar-refractivity contribution is -0.129. The van der Waals surface area contributed by atoms with Gasteiger partial charge in [0.05, 0.1) is 12.5 Å². The fourth-order valence-corrected chi connectivity index (χ4v) is 3.20. The molecule has 23 heavy (non-hydrogen) atoms. The van der Waals surface area contributed by atoms with Crippen LogP contribution in [0.25, 0.3) is 0 Å². The van der Waals surface area contributed by atoms with Crippen LogP contribution in [0.5, 0.6) is 0 Å². The van der Waals surface area contributed by atoms with Crippen LogP contribution < -0.4 is 5.32 Å². The van der Waals surface area contributed by atoms with E-state index in [1.165, 1.54) is 0 Å². The summed E-state index contributed by atoms with van der Waals surface area (Å²) in [6, 6.07) is 0. The average Bonchev–Trinajstić information content (AvgIpc) is 3.22. The molecule has 1 unspecified atom stereocenters. The van der Waals surface area contributed by atoms with Crippen LogP contribution in [0.15, 0.2) is 0 Å². The second-order valence-corrected chi connectivity index (χ2v) is 6.06. The maximum absolute atomic E-state index is 12.2. The number of methoxy groups -OCH3 is 1. The molecular formula is C15H23N5O3. The Morgan fingerprint density at radius 1 is 1.43 bits per heavy atom. The molecular weight excluding hydrogens is 298 g/mol. The van der Waals surface area contributed by atoms with Crippen molar-refractivity contribution >= 4 is 11.8 Å². The first-order valence-electron chi connectivity index (χ1n) is 8.14. The van der Waals surface area contributed by atoms with Crippen LogP contribution in [-0.4, -0.2) is 64.8 Å². The third-order valence-corrected chi connectivity index (χ3v) is 4.48. The number of rotatable bonds is 7. The van der Waals surface area contributed by atoms with Crippen LogP contribution >= 0.6 is 0 Å². The lowest BCUT2D eigenvalue weighted by Gasteiger charge is -2.15. The summed E-state index contributed by atoms with van der Waals surface area (Å²) < 4.78 is 7.12. The smallest absolute Gasteiger partial charge is 0.225 e. The summed E-state index contributed by atoms with van der Waals surface area (Å²) in [5.41, 5.74) is 0. The number of aryl methyl sites for hydroxylation is 1. The van der Waals surface area contributed by atoms with Crippen LogP contribution in [-0.2, 0) is 33.7 Å². The van der Waals surface area contributed by atoms with Gasteiger partial charge in [-0.2, -0.15) is 0 Å². The molecule has 2 aliphatic rings. The Morgan fingerprint density at radius 2 is 2.30 bits per heavy atom. The molecule has 8 nitrogen and oxygen atoms in total. The van der Waals surface area contributed by atoms with Gasteiger partial charge in [-0.05, 0) is 6.42 Å². The molecule has 8 heteroatoms. The Hall–Kier alpha value is -1.96. The Morgan fingerprint density at radius 3 is 3.13 bits per heavy atom. The number of carbonyl (C=O) groups is 2. The average molecular weight is 321 g/mol. The van der Waals surface area contributed by atoms with E-state index >= 15 is 0 Å². The third-order valence-electron chi connectivity index (χ3n) is 4.48. The van der Waals surface area contributed by atoms with Gasteiger partial charge in [0.15, 0.2) is 0 Å². The number of carbonyl (C=O) groups excluding carboxylic acids is 2. The van der Waals surface area contributed by atoms with E-state index in [2.05, 4.69) is 20.1 Å². The number of hydrogen-bond donors (Lipinski definition) is 1. The van der Waals surface area contributed by atoms with Crippen molar-refractivity contribution in [3.05, 3.63) is 11.6 Å². The molecule has 0 aromatic carbocycles. The van der Waals surface area contributed by atoms with Crippen molar-refractivity contribution in [3.63, 3.8) is 0 Å². The van der Waals surface area contributed by atoms with Crippen molar-refractivity contribution in [3.8, 4) is 0 Å². The largest absolute Gasteiger partial charge is 0.383 e. The number of ether oxygens (including phenoxy) is 1. The Bertz CT molecular complexity index is 586. The highest BCUT2D eigenvalue weighted by atomic mass is 16.5. The van der Waals surface area contributed by atoms with E-state index in [1.807, 2.05) is 0 Å². The molecule has 1 aromatic heterocycles. The molecule has 2 aliphatic heterocycles. The maximum atomic E-state index is 12.2. The molecule has 1 saturated heterocycles. The highest BCUT2D eigenvalue weighted by Crippen LogP contribution is 2.18. The van der Waals surface area contributed by atoms with Crippen molar-refractivity contribution in [1.29, 1.82) is 0 Å². The minimum Gasteiger partial charge on any atom is -0.383 e. The predicted octanol–water partition coefficient (Wildman–Crippen LogP) is -0.622. The van der Waals surface area contributed by atoms with Crippen LogP contribution in [0.2, 0.25) is 0 Å². The SMILES string of the molecule is COCCN1CC(C(=O)NCCc2nnc3n2CCC3)CC1=O. The van der Waals surface area contributed by atoms with E-state index in [9.17, 15) is 9.59 Å². The maximum Gasteiger partial charge on any atom is 0.225 e. The number of likely N-dealkylation sites (tertiary alicyclic amines) is 1. The topological polar surface area (TPSA) is 89.3 Å². The number of aromatic nitrogens is 3. The van der Waals surface area contributed by atoms with E-state index in [0.29, 0.717) is 32.7 Å². The second kappa shape index (κ2) is 7.08. The summed E-state index contributed by atoms with van der Waals surface area (Å²) in [7, 11) is 1.60. The van der Waals surface area contributed by atoms with E-state index in [0.717, 1.165) is 31.0 Å². The molecule has 1 N–H and O–H groups in total. The zero-order valence-corrected chi connectivity index (χ0v) is 13.5. The van der Waals surface area contributed by atoms with Gasteiger partial charge >= 0.3 is 0 Å². The third kappa shape index (κ3) is 3.52. The molecule has 3 heterocycles. The van der Waals surface area contributed by atoms with Gasteiger partial charge in [-0.25, -0.2) is 0 Å². The zero-order chi connectivity index (χ0) is 16.2. The summed E-state index contributed by atoms with van der Waals surface area (Å²) in [5, 5.41) is 11.3. The molecule has 0 saturated carbocycles. The molecule has 0 spiro atoms. The molecule has 2 amide bonds. The number of nitrogens with one attached hydrogen (secondary N) is 1. The van der Waals surface area contributed by atoms with Crippen LogP contribution in [0.3, 0.4) is 0 Å². The Balaban J connectivity index is 1.44. The van der Waals surface area contributed by atoms with E-state index in [4.69, 9.17) is 4.74 Å². The van der Waals surface area contributed by atoms with Gasteiger partial charge < -0.3 is 19.5 Å². The molecule has 3 rings (SSSR count). The molecule has 0 bridgehead atoms. The quantitative estimate of drug-likeness (QED) is 0.723. The van der Waals surface area contributed by atoms with Crippen LogP contribution in [0, 0.1) is 5.92 Å². The summed E-state index contributed by atoms with van der Waals surface area (Å²) in [4.78, 5) is 25.8. The molecule has 1 fully saturated rings. The summed E-state index contributed by atoms with van der Waals surface area (Å²) >= 11 is 0. The summed E-state index contributed by atoms with van der Waals surface area (Å²) in [6.45, 7) is 3.02. The molecule has 1 aromatic rings. The lowest BCUT2D eigenvalue weighted by Crippen LogP contribution is -2.35. The van der Waals surface area contributed by atoms with Crippen molar-refractivity contribution in [2.75, 3.05) is 33.4 Å². The van der Waals surface area contributed by atoms with Crippen molar-refractivity contribution in [1.82, 2.24) is 25.0 Å². The monoisotopic (exact) mass is 321 g/mol. The highest BCUT2D eigenvalue weighted by Gasteiger charge is 2.33. The standard InChI is InChI=1S/C15H23N5O3/c1-23-8-7-19-10-11(9-14(19)21)15(22)16-5-4-13-18-17-12-3-2-6-20(12)13/h11H,2-10H2,1H3,(H,16,22). The van der Waals surface area contributed by atoms with Gasteiger partial charge in [0.25, 0.3) is 0 Å². The molecule has 126 valence electrons. The Labute approximate surface area is 135 Å². The minimum absolute atomic E-state index is 0.0254.